The number of para-hydroxylation sites is 2. The maximum absolute atomic E-state index is 13.0. The van der Waals surface area contributed by atoms with E-state index in [0.29, 0.717) is 34.3 Å². The highest BCUT2D eigenvalue weighted by Crippen LogP contribution is 2.36. The molecule has 0 bridgehead atoms. The topological polar surface area (TPSA) is 116 Å². The highest BCUT2D eigenvalue weighted by molar-refractivity contribution is 6.07. The highest BCUT2D eigenvalue weighted by Gasteiger charge is 2.29. The molecule has 1 aliphatic rings. The van der Waals surface area contributed by atoms with Crippen molar-refractivity contribution in [2.75, 3.05) is 0 Å². The largest absolute Gasteiger partial charge is 0.507 e. The molecule has 2 aromatic heterocycles. The van der Waals surface area contributed by atoms with E-state index in [2.05, 4.69) is 20.7 Å². The van der Waals surface area contributed by atoms with E-state index in [0.717, 1.165) is 5.56 Å². The molecular weight excluding hydrogens is 382 g/mol. The van der Waals surface area contributed by atoms with Gasteiger partial charge >= 0.3 is 0 Å². The molecule has 8 heteroatoms. The maximum atomic E-state index is 13.0. The third-order valence-electron chi connectivity index (χ3n) is 5.53. The van der Waals surface area contributed by atoms with Gasteiger partial charge in [0.05, 0.1) is 29.2 Å². The zero-order valence-corrected chi connectivity index (χ0v) is 16.1. The molecule has 0 aliphatic carbocycles. The summed E-state index contributed by atoms with van der Waals surface area (Å²) >= 11 is 0. The number of aromatic hydroxyl groups is 2. The third-order valence-corrected chi connectivity index (χ3v) is 5.53. The molecule has 0 fully saturated rings. The van der Waals surface area contributed by atoms with Crippen molar-refractivity contribution in [2.45, 2.75) is 12.5 Å². The lowest BCUT2D eigenvalue weighted by atomic mass is 9.96. The van der Waals surface area contributed by atoms with Gasteiger partial charge in [-0.25, -0.2) is 0 Å². The second-order valence-electron chi connectivity index (χ2n) is 7.27. The number of hydrogen-bond acceptors (Lipinski definition) is 6. The molecule has 30 heavy (non-hydrogen) atoms. The number of benzene rings is 2. The summed E-state index contributed by atoms with van der Waals surface area (Å²) in [6.45, 7) is 0. The van der Waals surface area contributed by atoms with Gasteiger partial charge in [0.15, 0.2) is 0 Å². The molecule has 0 radical (unpaired) electrons. The Kier molecular flexibility index (Phi) is 4.06. The number of aryl methyl sites for hydroxylation is 1. The predicted octanol–water partition coefficient (Wildman–Crippen LogP) is 2.78. The fourth-order valence-electron chi connectivity index (χ4n) is 3.98. The monoisotopic (exact) mass is 401 g/mol. The van der Waals surface area contributed by atoms with Crippen molar-refractivity contribution < 1.29 is 10.2 Å². The number of aromatic nitrogens is 3. The molecular formula is C22H19N5O3. The van der Waals surface area contributed by atoms with Crippen LogP contribution in [0.1, 0.15) is 23.6 Å². The molecule has 8 nitrogen and oxygen atoms in total. The molecule has 3 heterocycles. The van der Waals surface area contributed by atoms with E-state index in [1.165, 1.54) is 4.57 Å². The van der Waals surface area contributed by atoms with E-state index in [1.807, 2.05) is 18.2 Å². The Morgan fingerprint density at radius 2 is 1.87 bits per heavy atom. The van der Waals surface area contributed by atoms with E-state index in [9.17, 15) is 15.0 Å². The molecule has 0 saturated heterocycles. The fraction of sp³-hybridized carbons (Fsp3) is 0.136. The lowest BCUT2D eigenvalue weighted by molar-refractivity contribution is 0.477. The SMILES string of the molecule is Cn1c(=O)c(C2=NNC(c3cn[nH]c3-c3ccccc3O)C2)c(O)c2ccccc21. The van der Waals surface area contributed by atoms with Crippen LogP contribution in [-0.4, -0.2) is 30.7 Å². The van der Waals surface area contributed by atoms with E-state index >= 15 is 0 Å². The van der Waals surface area contributed by atoms with Gasteiger partial charge < -0.3 is 20.2 Å². The second kappa shape index (κ2) is 6.77. The van der Waals surface area contributed by atoms with Crippen LogP contribution in [0.3, 0.4) is 0 Å². The first-order chi connectivity index (χ1) is 14.6. The van der Waals surface area contributed by atoms with Gasteiger partial charge in [0.1, 0.15) is 17.1 Å². The van der Waals surface area contributed by atoms with Crippen LogP contribution in [0.2, 0.25) is 0 Å². The summed E-state index contributed by atoms with van der Waals surface area (Å²) in [4.78, 5) is 13.0. The average molecular weight is 401 g/mol. The standard InChI is InChI=1S/C22H19N5O3/c1-27-17-8-4-2-6-12(17)21(29)19(22(27)30)16-10-15(24-25-16)14-11-23-26-20(14)13-7-3-5-9-18(13)28/h2-9,11,15,24,28-29H,10H2,1H3,(H,23,26). The second-order valence-corrected chi connectivity index (χ2v) is 7.27. The van der Waals surface area contributed by atoms with Gasteiger partial charge in [-0.3, -0.25) is 9.89 Å². The third kappa shape index (κ3) is 2.65. The number of aromatic amines is 1. The molecule has 5 rings (SSSR count). The van der Waals surface area contributed by atoms with Crippen LogP contribution < -0.4 is 11.0 Å². The smallest absolute Gasteiger partial charge is 0.263 e. The van der Waals surface area contributed by atoms with Crippen LogP contribution >= 0.6 is 0 Å². The summed E-state index contributed by atoms with van der Waals surface area (Å²) in [5, 5.41) is 33.1. The van der Waals surface area contributed by atoms with Crippen LogP contribution in [0, 0.1) is 0 Å². The van der Waals surface area contributed by atoms with Gasteiger partial charge in [-0.05, 0) is 24.3 Å². The van der Waals surface area contributed by atoms with Gasteiger partial charge in [-0.15, -0.1) is 0 Å². The van der Waals surface area contributed by atoms with Crippen molar-refractivity contribution in [1.29, 1.82) is 0 Å². The molecule has 0 spiro atoms. The van der Waals surface area contributed by atoms with E-state index < -0.39 is 0 Å². The molecule has 1 atom stereocenters. The zero-order chi connectivity index (χ0) is 20.8. The minimum Gasteiger partial charge on any atom is -0.507 e. The summed E-state index contributed by atoms with van der Waals surface area (Å²) in [5.74, 6) is 0.0752. The highest BCUT2D eigenvalue weighted by atomic mass is 16.3. The number of fused-ring (bicyclic) bond motifs is 1. The van der Waals surface area contributed by atoms with Gasteiger partial charge in [0.2, 0.25) is 0 Å². The Hall–Kier alpha value is -4.07. The summed E-state index contributed by atoms with van der Waals surface area (Å²) in [6, 6.07) is 14.0. The summed E-state index contributed by atoms with van der Waals surface area (Å²) in [7, 11) is 1.68. The molecule has 4 aromatic rings. The number of phenolic OH excluding ortho intramolecular Hbond substituents is 1. The van der Waals surface area contributed by atoms with Crippen LogP contribution in [0.4, 0.5) is 0 Å². The number of H-pyrrole nitrogens is 1. The van der Waals surface area contributed by atoms with Gasteiger partial charge in [-0.1, -0.05) is 24.3 Å². The number of nitrogens with zero attached hydrogens (tertiary/aromatic N) is 3. The van der Waals surface area contributed by atoms with Crippen LogP contribution in [0.25, 0.3) is 22.2 Å². The lowest BCUT2D eigenvalue weighted by Gasteiger charge is -2.13. The predicted molar refractivity (Wildman–Crippen MR) is 114 cm³/mol. The molecule has 4 N–H and O–H groups in total. The Labute approximate surface area is 171 Å². The minimum absolute atomic E-state index is 0.0666. The van der Waals surface area contributed by atoms with Crippen molar-refractivity contribution >= 4 is 16.6 Å². The number of pyridine rings is 1. The maximum Gasteiger partial charge on any atom is 0.263 e. The Morgan fingerprint density at radius 3 is 2.70 bits per heavy atom. The minimum atomic E-state index is -0.305. The zero-order valence-electron chi connectivity index (χ0n) is 16.1. The molecule has 2 aromatic carbocycles. The van der Waals surface area contributed by atoms with E-state index in [-0.39, 0.29) is 28.7 Å². The van der Waals surface area contributed by atoms with Crippen molar-refractivity contribution in [2.24, 2.45) is 12.1 Å². The number of rotatable bonds is 3. The normalized spacial score (nSPS) is 15.9. The fourth-order valence-corrected chi connectivity index (χ4v) is 3.98. The average Bonchev–Trinajstić information content (AvgIpc) is 3.42. The van der Waals surface area contributed by atoms with E-state index in [4.69, 9.17) is 0 Å². The van der Waals surface area contributed by atoms with Crippen LogP contribution in [-0.2, 0) is 7.05 Å². The first-order valence-electron chi connectivity index (χ1n) is 9.51. The first kappa shape index (κ1) is 18.0. The van der Waals surface area contributed by atoms with Crippen molar-refractivity contribution in [3.05, 3.63) is 76.2 Å². The molecule has 1 unspecified atom stereocenters. The summed E-state index contributed by atoms with van der Waals surface area (Å²) in [5.41, 5.74) is 6.19. The number of nitrogens with one attached hydrogen (secondary N) is 2. The van der Waals surface area contributed by atoms with Crippen molar-refractivity contribution in [3.63, 3.8) is 0 Å². The van der Waals surface area contributed by atoms with Crippen LogP contribution in [0.15, 0.2) is 64.6 Å². The molecule has 150 valence electrons. The molecule has 1 aliphatic heterocycles. The Bertz CT molecular complexity index is 1370. The van der Waals surface area contributed by atoms with Crippen LogP contribution in [0.5, 0.6) is 11.5 Å². The quantitative estimate of drug-likeness (QED) is 0.421. The van der Waals surface area contributed by atoms with Crippen molar-refractivity contribution in [1.82, 2.24) is 20.2 Å². The first-order valence-corrected chi connectivity index (χ1v) is 9.51. The Morgan fingerprint density at radius 1 is 1.10 bits per heavy atom. The van der Waals surface area contributed by atoms with Gasteiger partial charge in [-0.2, -0.15) is 10.2 Å². The van der Waals surface area contributed by atoms with Gasteiger partial charge in [0.25, 0.3) is 5.56 Å². The van der Waals surface area contributed by atoms with Crippen molar-refractivity contribution in [3.8, 4) is 22.8 Å². The lowest BCUT2D eigenvalue weighted by Crippen LogP contribution is -2.24. The summed E-state index contributed by atoms with van der Waals surface area (Å²) < 4.78 is 1.52. The van der Waals surface area contributed by atoms with Gasteiger partial charge in [0, 0.05) is 30.0 Å². The van der Waals surface area contributed by atoms with E-state index in [1.54, 1.807) is 43.6 Å². The Balaban J connectivity index is 1.54. The summed E-state index contributed by atoms with van der Waals surface area (Å²) in [6.07, 6.45) is 2.07. The number of phenols is 1. The number of hydrazone groups is 1. The molecule has 0 saturated carbocycles. The molecule has 0 amide bonds. The number of hydrogen-bond donors (Lipinski definition) is 4.